The summed E-state index contributed by atoms with van der Waals surface area (Å²) in [7, 11) is 0. The first-order chi connectivity index (χ1) is 7.77. The van der Waals surface area contributed by atoms with Crippen LogP contribution in [0.25, 0.3) is 0 Å². The van der Waals surface area contributed by atoms with Crippen molar-refractivity contribution in [3.8, 4) is 0 Å². The quantitative estimate of drug-likeness (QED) is 0.806. The van der Waals surface area contributed by atoms with Crippen molar-refractivity contribution in [2.75, 3.05) is 0 Å². The molecule has 2 rings (SSSR count). The maximum atomic E-state index is 3.83. The zero-order valence-electron chi connectivity index (χ0n) is 10.4. The summed E-state index contributed by atoms with van der Waals surface area (Å²) in [6.07, 6.45) is 5.51. The summed E-state index contributed by atoms with van der Waals surface area (Å²) in [5, 5.41) is 3.83. The van der Waals surface area contributed by atoms with Crippen LogP contribution in [0.4, 0.5) is 0 Å². The fraction of sp³-hybridized carbons (Fsp3) is 0.600. The molecular formula is C15H23N. The molecule has 1 fully saturated rings. The van der Waals surface area contributed by atoms with E-state index in [2.05, 4.69) is 49.5 Å². The third-order valence-corrected chi connectivity index (χ3v) is 3.60. The maximum absolute atomic E-state index is 3.83. The van der Waals surface area contributed by atoms with Crippen LogP contribution in [0.1, 0.15) is 51.1 Å². The Bertz CT molecular complexity index is 298. The predicted octanol–water partition coefficient (Wildman–Crippen LogP) is 3.92. The molecule has 1 aromatic rings. The Balaban J connectivity index is 2.05. The second-order valence-corrected chi connectivity index (χ2v) is 5.28. The molecule has 1 aliphatic rings. The van der Waals surface area contributed by atoms with Gasteiger partial charge in [-0.05, 0) is 24.3 Å². The van der Waals surface area contributed by atoms with E-state index < -0.39 is 0 Å². The van der Waals surface area contributed by atoms with E-state index in [0.717, 1.165) is 6.04 Å². The number of hydrogen-bond donors (Lipinski definition) is 1. The largest absolute Gasteiger partial charge is 0.307 e. The highest BCUT2D eigenvalue weighted by molar-refractivity contribution is 5.19. The lowest BCUT2D eigenvalue weighted by atomic mass is 9.95. The number of rotatable bonds is 4. The second kappa shape index (κ2) is 5.49. The van der Waals surface area contributed by atoms with Crippen LogP contribution in [-0.4, -0.2) is 6.04 Å². The SMILES string of the molecule is CC(C)C(NC1CCCC1)c1ccccc1. The van der Waals surface area contributed by atoms with E-state index in [4.69, 9.17) is 0 Å². The van der Waals surface area contributed by atoms with Gasteiger partial charge < -0.3 is 5.32 Å². The zero-order chi connectivity index (χ0) is 11.4. The first-order valence-corrected chi connectivity index (χ1v) is 6.58. The molecule has 88 valence electrons. The van der Waals surface area contributed by atoms with Gasteiger partial charge in [0.15, 0.2) is 0 Å². The van der Waals surface area contributed by atoms with Gasteiger partial charge in [0.05, 0.1) is 0 Å². The molecule has 1 saturated carbocycles. The van der Waals surface area contributed by atoms with Crippen molar-refractivity contribution in [2.45, 2.75) is 51.6 Å². The molecular weight excluding hydrogens is 194 g/mol. The summed E-state index contributed by atoms with van der Waals surface area (Å²) in [4.78, 5) is 0. The summed E-state index contributed by atoms with van der Waals surface area (Å²) in [5.74, 6) is 0.656. The van der Waals surface area contributed by atoms with E-state index in [9.17, 15) is 0 Å². The van der Waals surface area contributed by atoms with Crippen molar-refractivity contribution in [2.24, 2.45) is 5.92 Å². The molecule has 0 saturated heterocycles. The summed E-state index contributed by atoms with van der Waals surface area (Å²) >= 11 is 0. The molecule has 1 atom stereocenters. The smallest absolute Gasteiger partial charge is 0.0345 e. The number of nitrogens with one attached hydrogen (secondary N) is 1. The summed E-state index contributed by atoms with van der Waals surface area (Å²) in [6, 6.07) is 12.1. The molecule has 1 nitrogen and oxygen atoms in total. The molecule has 0 radical (unpaired) electrons. The first-order valence-electron chi connectivity index (χ1n) is 6.58. The van der Waals surface area contributed by atoms with Crippen molar-refractivity contribution in [3.63, 3.8) is 0 Å². The van der Waals surface area contributed by atoms with Crippen molar-refractivity contribution >= 4 is 0 Å². The zero-order valence-corrected chi connectivity index (χ0v) is 10.4. The highest BCUT2D eigenvalue weighted by Gasteiger charge is 2.22. The molecule has 1 aliphatic carbocycles. The van der Waals surface area contributed by atoms with Gasteiger partial charge in [-0.3, -0.25) is 0 Å². The second-order valence-electron chi connectivity index (χ2n) is 5.28. The average molecular weight is 217 g/mol. The molecule has 0 bridgehead atoms. The topological polar surface area (TPSA) is 12.0 Å². The van der Waals surface area contributed by atoms with Gasteiger partial charge in [0, 0.05) is 12.1 Å². The molecule has 0 aromatic heterocycles. The van der Waals surface area contributed by atoms with Crippen LogP contribution >= 0.6 is 0 Å². The number of benzene rings is 1. The van der Waals surface area contributed by atoms with Crippen molar-refractivity contribution < 1.29 is 0 Å². The Labute approximate surface area is 99.3 Å². The summed E-state index contributed by atoms with van der Waals surface area (Å²) in [6.45, 7) is 4.61. The maximum Gasteiger partial charge on any atom is 0.0345 e. The normalized spacial score (nSPS) is 19.2. The fourth-order valence-corrected chi connectivity index (χ4v) is 2.68. The van der Waals surface area contributed by atoms with Crippen molar-refractivity contribution in [3.05, 3.63) is 35.9 Å². The van der Waals surface area contributed by atoms with E-state index in [0.29, 0.717) is 12.0 Å². The standard InChI is InChI=1S/C15H23N/c1-12(2)15(13-8-4-3-5-9-13)16-14-10-6-7-11-14/h3-5,8-9,12,14-16H,6-7,10-11H2,1-2H3. The molecule has 0 spiro atoms. The predicted molar refractivity (Wildman–Crippen MR) is 69.4 cm³/mol. The van der Waals surface area contributed by atoms with Crippen molar-refractivity contribution in [1.29, 1.82) is 0 Å². The highest BCUT2D eigenvalue weighted by Crippen LogP contribution is 2.26. The lowest BCUT2D eigenvalue weighted by molar-refractivity contribution is 0.360. The molecule has 16 heavy (non-hydrogen) atoms. The van der Waals surface area contributed by atoms with E-state index >= 15 is 0 Å². The molecule has 1 heteroatoms. The Kier molecular flexibility index (Phi) is 4.00. The minimum absolute atomic E-state index is 0.518. The average Bonchev–Trinajstić information content (AvgIpc) is 2.79. The fourth-order valence-electron chi connectivity index (χ4n) is 2.68. The van der Waals surface area contributed by atoms with Crippen LogP contribution < -0.4 is 5.32 Å². The first kappa shape index (κ1) is 11.7. The molecule has 1 N–H and O–H groups in total. The van der Waals surface area contributed by atoms with E-state index in [1.807, 2.05) is 0 Å². The Hall–Kier alpha value is -0.820. The van der Waals surface area contributed by atoms with Crippen LogP contribution in [0.2, 0.25) is 0 Å². The van der Waals surface area contributed by atoms with Gasteiger partial charge in [-0.1, -0.05) is 57.0 Å². The summed E-state index contributed by atoms with van der Waals surface area (Å²) < 4.78 is 0. The summed E-state index contributed by atoms with van der Waals surface area (Å²) in [5.41, 5.74) is 1.43. The van der Waals surface area contributed by atoms with Crippen molar-refractivity contribution in [1.82, 2.24) is 5.32 Å². The van der Waals surface area contributed by atoms with E-state index in [1.165, 1.54) is 31.2 Å². The van der Waals surface area contributed by atoms with Gasteiger partial charge in [-0.25, -0.2) is 0 Å². The van der Waals surface area contributed by atoms with Crippen LogP contribution in [0.3, 0.4) is 0 Å². The van der Waals surface area contributed by atoms with Gasteiger partial charge in [-0.2, -0.15) is 0 Å². The Morgan fingerprint density at radius 2 is 1.69 bits per heavy atom. The molecule has 1 aromatic carbocycles. The van der Waals surface area contributed by atoms with Crippen LogP contribution in [0, 0.1) is 5.92 Å². The lowest BCUT2D eigenvalue weighted by Gasteiger charge is -2.26. The Morgan fingerprint density at radius 3 is 2.25 bits per heavy atom. The molecule has 0 heterocycles. The van der Waals surface area contributed by atoms with E-state index in [-0.39, 0.29) is 0 Å². The Morgan fingerprint density at radius 1 is 1.06 bits per heavy atom. The van der Waals surface area contributed by atoms with Gasteiger partial charge in [0.1, 0.15) is 0 Å². The minimum atomic E-state index is 0.518. The molecule has 0 amide bonds. The van der Waals surface area contributed by atoms with E-state index in [1.54, 1.807) is 0 Å². The third kappa shape index (κ3) is 2.85. The monoisotopic (exact) mass is 217 g/mol. The van der Waals surface area contributed by atoms with Gasteiger partial charge in [0.25, 0.3) is 0 Å². The van der Waals surface area contributed by atoms with Gasteiger partial charge in [0.2, 0.25) is 0 Å². The third-order valence-electron chi connectivity index (χ3n) is 3.60. The van der Waals surface area contributed by atoms with Crippen LogP contribution in [0.15, 0.2) is 30.3 Å². The van der Waals surface area contributed by atoms with Gasteiger partial charge >= 0.3 is 0 Å². The van der Waals surface area contributed by atoms with Crippen LogP contribution in [-0.2, 0) is 0 Å². The molecule has 0 aliphatic heterocycles. The van der Waals surface area contributed by atoms with Crippen LogP contribution in [0.5, 0.6) is 0 Å². The minimum Gasteiger partial charge on any atom is -0.307 e. The lowest BCUT2D eigenvalue weighted by Crippen LogP contribution is -2.33. The molecule has 1 unspecified atom stereocenters. The van der Waals surface area contributed by atoms with Gasteiger partial charge in [-0.15, -0.1) is 0 Å². The highest BCUT2D eigenvalue weighted by atomic mass is 15.0. The number of hydrogen-bond acceptors (Lipinski definition) is 1.